The lowest BCUT2D eigenvalue weighted by atomic mass is 9.86. The number of rotatable bonds is 5. The number of benzene rings is 4. The van der Waals surface area contributed by atoms with E-state index in [9.17, 15) is 0 Å². The Kier molecular flexibility index (Phi) is 6.11. The molecule has 0 unspecified atom stereocenters. The molecule has 5 nitrogen and oxygen atoms in total. The molecule has 7 aromatic rings. The highest BCUT2D eigenvalue weighted by molar-refractivity contribution is 6.09. The molecule has 0 spiro atoms. The molecule has 7 rings (SSSR count). The van der Waals surface area contributed by atoms with Crippen LogP contribution in [0.5, 0.6) is 11.5 Å². The summed E-state index contributed by atoms with van der Waals surface area (Å²) in [5.74, 6) is 2.15. The van der Waals surface area contributed by atoms with Crippen molar-refractivity contribution in [1.82, 2.24) is 19.3 Å². The Bertz CT molecular complexity index is 2170. The van der Waals surface area contributed by atoms with Crippen LogP contribution in [-0.4, -0.2) is 19.3 Å². The Morgan fingerprint density at radius 3 is 2.35 bits per heavy atom. The van der Waals surface area contributed by atoms with Crippen LogP contribution in [0, 0.1) is 13.8 Å². The van der Waals surface area contributed by atoms with Gasteiger partial charge in [-0.1, -0.05) is 69.3 Å². The zero-order valence-corrected chi connectivity index (χ0v) is 25.1. The Balaban J connectivity index is 1.31. The van der Waals surface area contributed by atoms with Gasteiger partial charge in [-0.3, -0.25) is 4.57 Å². The van der Waals surface area contributed by atoms with E-state index in [1.54, 1.807) is 18.3 Å². The predicted octanol–water partition coefficient (Wildman–Crippen LogP) is 9.74. The third-order valence-electron chi connectivity index (χ3n) is 8.07. The second-order valence-electron chi connectivity index (χ2n) is 12.0. The molecular formula is C38H34N4O. The minimum Gasteiger partial charge on any atom is -0.457 e. The summed E-state index contributed by atoms with van der Waals surface area (Å²) in [7, 11) is 0. The number of hydrogen-bond donors (Lipinski definition) is 0. The summed E-state index contributed by atoms with van der Waals surface area (Å²) in [6.07, 6.45) is 1.69. The van der Waals surface area contributed by atoms with E-state index in [0.29, 0.717) is 11.9 Å². The minimum atomic E-state index is 0.0172. The van der Waals surface area contributed by atoms with Crippen LogP contribution >= 0.6 is 0 Å². The molecule has 0 fully saturated rings. The molecule has 0 aliphatic heterocycles. The van der Waals surface area contributed by atoms with Crippen molar-refractivity contribution in [1.29, 1.82) is 0 Å². The number of nitrogens with zero attached hydrogens (tertiary/aromatic N) is 4. The van der Waals surface area contributed by atoms with E-state index in [1.165, 1.54) is 5.56 Å². The van der Waals surface area contributed by atoms with E-state index < -0.39 is 0 Å². The van der Waals surface area contributed by atoms with Gasteiger partial charge in [-0.25, -0.2) is 9.67 Å². The Hall–Kier alpha value is -5.16. The van der Waals surface area contributed by atoms with Crippen molar-refractivity contribution in [2.24, 2.45) is 0 Å². The normalized spacial score (nSPS) is 12.2. The Labute approximate surface area is 253 Å². The molecule has 0 N–H and O–H groups in total. The maximum Gasteiger partial charge on any atom is 0.137 e. The number of aromatic nitrogens is 4. The second kappa shape index (κ2) is 10.3. The third kappa shape index (κ3) is 4.77. The maximum absolute atomic E-state index is 8.25. The maximum atomic E-state index is 8.25. The smallest absolute Gasteiger partial charge is 0.137 e. The van der Waals surface area contributed by atoms with E-state index in [1.807, 2.05) is 35.0 Å². The molecule has 3 heterocycles. The lowest BCUT2D eigenvalue weighted by Gasteiger charge is -2.19. The topological polar surface area (TPSA) is 44.9 Å². The standard InChI is InChI=1S/C38H34N4O/c1-25-37(27-12-7-6-8-13-27)26(2)42(40-25)29-14-11-15-30(23-29)43-31-18-19-32-33-22-28(38(3,4)5)17-20-34(33)41(35(32)24-31)36-16-9-10-21-39-36/h6-24H,1-5H3/i9D. The van der Waals surface area contributed by atoms with Gasteiger partial charge in [0.1, 0.15) is 17.3 Å². The number of hydrogen-bond acceptors (Lipinski definition) is 3. The third-order valence-corrected chi connectivity index (χ3v) is 8.07. The monoisotopic (exact) mass is 563 g/mol. The summed E-state index contributed by atoms with van der Waals surface area (Å²) < 4.78 is 18.8. The molecule has 0 bridgehead atoms. The average molecular weight is 564 g/mol. The van der Waals surface area contributed by atoms with Crippen molar-refractivity contribution in [3.63, 3.8) is 0 Å². The Morgan fingerprint density at radius 2 is 1.56 bits per heavy atom. The second-order valence-corrected chi connectivity index (χ2v) is 12.0. The summed E-state index contributed by atoms with van der Waals surface area (Å²) in [5.41, 5.74) is 8.61. The predicted molar refractivity (Wildman–Crippen MR) is 176 cm³/mol. The van der Waals surface area contributed by atoms with Crippen molar-refractivity contribution in [2.45, 2.75) is 40.0 Å². The molecule has 212 valence electrons. The lowest BCUT2D eigenvalue weighted by Crippen LogP contribution is -2.10. The molecule has 0 atom stereocenters. The van der Waals surface area contributed by atoms with Crippen molar-refractivity contribution in [2.75, 3.05) is 0 Å². The highest BCUT2D eigenvalue weighted by Gasteiger charge is 2.19. The fourth-order valence-electron chi connectivity index (χ4n) is 5.95. The van der Waals surface area contributed by atoms with E-state index >= 15 is 0 Å². The summed E-state index contributed by atoms with van der Waals surface area (Å²) in [6.45, 7) is 10.8. The van der Waals surface area contributed by atoms with Crippen molar-refractivity contribution in [3.8, 4) is 34.1 Å². The first-order valence-corrected chi connectivity index (χ1v) is 14.6. The molecule has 5 heteroatoms. The van der Waals surface area contributed by atoms with Gasteiger partial charge < -0.3 is 4.74 Å². The van der Waals surface area contributed by atoms with Crippen molar-refractivity contribution >= 4 is 21.8 Å². The van der Waals surface area contributed by atoms with E-state index in [2.05, 4.69) is 105 Å². The molecule has 0 saturated carbocycles. The molecule has 43 heavy (non-hydrogen) atoms. The molecule has 0 aliphatic rings. The van der Waals surface area contributed by atoms with Gasteiger partial charge in [0, 0.05) is 40.4 Å². The van der Waals surface area contributed by atoms with Gasteiger partial charge in [-0.15, -0.1) is 0 Å². The summed E-state index contributed by atoms with van der Waals surface area (Å²) in [4.78, 5) is 4.64. The minimum absolute atomic E-state index is 0.0172. The van der Waals surface area contributed by atoms with Crippen LogP contribution in [-0.2, 0) is 5.41 Å². The Morgan fingerprint density at radius 1 is 0.744 bits per heavy atom. The molecule has 0 radical (unpaired) electrons. The SMILES string of the molecule is [2H]c1ccnc(-n2c3ccc(C(C)(C)C)cc3c3ccc(Oc4cccc(-n5nc(C)c(-c6ccccc6)c5C)c4)cc32)c1. The van der Waals surface area contributed by atoms with Gasteiger partial charge in [0.05, 0.1) is 23.8 Å². The fourth-order valence-corrected chi connectivity index (χ4v) is 5.95. The van der Waals surface area contributed by atoms with E-state index in [0.717, 1.165) is 61.5 Å². The van der Waals surface area contributed by atoms with Gasteiger partial charge in [-0.05, 0) is 78.9 Å². The lowest BCUT2D eigenvalue weighted by molar-refractivity contribution is 0.482. The van der Waals surface area contributed by atoms with Crippen LogP contribution < -0.4 is 4.74 Å². The van der Waals surface area contributed by atoms with Crippen LogP contribution in [0.25, 0.3) is 44.4 Å². The van der Waals surface area contributed by atoms with E-state index in [-0.39, 0.29) is 5.41 Å². The average Bonchev–Trinajstić information content (AvgIpc) is 3.49. The largest absolute Gasteiger partial charge is 0.457 e. The molecule has 0 amide bonds. The van der Waals surface area contributed by atoms with Crippen LogP contribution in [0.2, 0.25) is 0 Å². The zero-order valence-electron chi connectivity index (χ0n) is 26.1. The highest BCUT2D eigenvalue weighted by Crippen LogP contribution is 2.37. The first-order chi connectivity index (χ1) is 21.2. The molecule has 0 aliphatic carbocycles. The van der Waals surface area contributed by atoms with Gasteiger partial charge >= 0.3 is 0 Å². The zero-order chi connectivity index (χ0) is 30.6. The number of ether oxygens (including phenoxy) is 1. The van der Waals surface area contributed by atoms with E-state index in [4.69, 9.17) is 11.2 Å². The molecule has 3 aromatic heterocycles. The molecular weight excluding hydrogens is 528 g/mol. The fraction of sp³-hybridized carbons (Fsp3) is 0.158. The van der Waals surface area contributed by atoms with Gasteiger partial charge in [0.15, 0.2) is 0 Å². The van der Waals surface area contributed by atoms with Crippen LogP contribution in [0.1, 0.15) is 39.1 Å². The molecule has 0 saturated heterocycles. The van der Waals surface area contributed by atoms with Crippen LogP contribution in [0.4, 0.5) is 0 Å². The van der Waals surface area contributed by atoms with Gasteiger partial charge in [0.25, 0.3) is 0 Å². The number of fused-ring (bicyclic) bond motifs is 3. The van der Waals surface area contributed by atoms with Gasteiger partial charge in [-0.2, -0.15) is 5.10 Å². The van der Waals surface area contributed by atoms with Gasteiger partial charge in [0.2, 0.25) is 0 Å². The summed E-state index contributed by atoms with van der Waals surface area (Å²) in [5, 5.41) is 7.14. The van der Waals surface area contributed by atoms with Crippen molar-refractivity contribution in [3.05, 3.63) is 132 Å². The quantitative estimate of drug-likeness (QED) is 0.209. The van der Waals surface area contributed by atoms with Crippen molar-refractivity contribution < 1.29 is 6.11 Å². The summed E-state index contributed by atoms with van der Waals surface area (Å²) in [6, 6.07) is 35.2. The van der Waals surface area contributed by atoms with Crippen LogP contribution in [0.15, 0.2) is 115 Å². The first kappa shape index (κ1) is 25.5. The first-order valence-electron chi connectivity index (χ1n) is 15.1. The highest BCUT2D eigenvalue weighted by atomic mass is 16.5. The summed E-state index contributed by atoms with van der Waals surface area (Å²) >= 11 is 0. The number of pyridine rings is 1. The van der Waals surface area contributed by atoms with Crippen LogP contribution in [0.3, 0.4) is 0 Å². The number of aryl methyl sites for hydroxylation is 1. The molecule has 4 aromatic carbocycles.